The molecule has 0 bridgehead atoms. The molecule has 6 nitrogen and oxygen atoms in total. The number of aromatic nitrogens is 1. The zero-order valence-electron chi connectivity index (χ0n) is 20.4. The number of rotatable bonds is 7. The summed E-state index contributed by atoms with van der Waals surface area (Å²) in [5.41, 5.74) is 7.38. The highest BCUT2D eigenvalue weighted by atomic mass is 79.9. The largest absolute Gasteiger partial charge is 0.486 e. The Bertz CT molecular complexity index is 1730. The van der Waals surface area contributed by atoms with Crippen LogP contribution in [0.15, 0.2) is 107 Å². The Morgan fingerprint density at radius 1 is 1.03 bits per heavy atom. The summed E-state index contributed by atoms with van der Waals surface area (Å²) in [6, 6.07) is 31.8. The number of hydrazone groups is 1. The molecule has 5 aromatic rings. The Morgan fingerprint density at radius 3 is 2.56 bits per heavy atom. The number of fused-ring (bicyclic) bond motifs is 1. The van der Waals surface area contributed by atoms with E-state index in [0.29, 0.717) is 37.6 Å². The number of nitriles is 1. The molecule has 0 fully saturated rings. The number of nitrogens with one attached hydrogen (secondary N) is 1. The van der Waals surface area contributed by atoms with Gasteiger partial charge in [0, 0.05) is 16.5 Å². The van der Waals surface area contributed by atoms with Gasteiger partial charge in [-0.2, -0.15) is 10.4 Å². The summed E-state index contributed by atoms with van der Waals surface area (Å²) < 4.78 is 6.51. The van der Waals surface area contributed by atoms with Crippen molar-refractivity contribution in [2.45, 2.75) is 6.61 Å². The van der Waals surface area contributed by atoms with E-state index in [0.717, 1.165) is 22.0 Å². The van der Waals surface area contributed by atoms with Crippen molar-refractivity contribution in [1.82, 2.24) is 10.4 Å². The molecule has 0 aliphatic heterocycles. The number of nitrogens with zero attached hydrogens (tertiary/aromatic N) is 3. The lowest BCUT2D eigenvalue weighted by molar-refractivity contribution is 0.0956. The van der Waals surface area contributed by atoms with Crippen LogP contribution in [0, 0.1) is 11.3 Å². The van der Waals surface area contributed by atoms with Crippen LogP contribution >= 0.6 is 27.5 Å². The Hall–Kier alpha value is -4.51. The summed E-state index contributed by atoms with van der Waals surface area (Å²) in [5, 5.41) is 14.5. The SMILES string of the molecule is N#Cc1ccccc1COc1c(Cl)cc(/C=N/NC(=O)c2cc(-c3ccccc3)nc3ccccc23)cc1Br. The molecule has 5 rings (SSSR count). The molecule has 0 saturated heterocycles. The van der Waals surface area contributed by atoms with Gasteiger partial charge in [0.1, 0.15) is 6.61 Å². The fraction of sp³-hybridized carbons (Fsp3) is 0.0323. The minimum Gasteiger partial charge on any atom is -0.486 e. The summed E-state index contributed by atoms with van der Waals surface area (Å²) >= 11 is 9.97. The molecule has 190 valence electrons. The van der Waals surface area contributed by atoms with E-state index in [1.54, 1.807) is 30.3 Å². The molecule has 1 amide bonds. The van der Waals surface area contributed by atoms with Crippen LogP contribution in [0.3, 0.4) is 0 Å². The Morgan fingerprint density at radius 2 is 1.77 bits per heavy atom. The molecule has 1 heterocycles. The number of halogens is 2. The molecule has 1 aromatic heterocycles. The van der Waals surface area contributed by atoms with Crippen molar-refractivity contribution in [2.24, 2.45) is 5.10 Å². The second kappa shape index (κ2) is 11.9. The first kappa shape index (κ1) is 26.1. The number of pyridine rings is 1. The van der Waals surface area contributed by atoms with E-state index in [9.17, 15) is 10.1 Å². The highest BCUT2D eigenvalue weighted by Crippen LogP contribution is 2.35. The molecule has 0 unspecified atom stereocenters. The third-order valence-electron chi connectivity index (χ3n) is 5.94. The van der Waals surface area contributed by atoms with Crippen molar-refractivity contribution >= 4 is 50.6 Å². The van der Waals surface area contributed by atoms with E-state index in [1.807, 2.05) is 66.7 Å². The Balaban J connectivity index is 1.33. The smallest absolute Gasteiger partial charge is 0.272 e. The summed E-state index contributed by atoms with van der Waals surface area (Å²) in [4.78, 5) is 17.9. The van der Waals surface area contributed by atoms with Gasteiger partial charge < -0.3 is 4.74 Å². The van der Waals surface area contributed by atoms with Gasteiger partial charge in [-0.15, -0.1) is 0 Å². The van der Waals surface area contributed by atoms with Crippen LogP contribution in [0.1, 0.15) is 27.0 Å². The number of hydrogen-bond acceptors (Lipinski definition) is 5. The third kappa shape index (κ3) is 5.99. The van der Waals surface area contributed by atoms with Gasteiger partial charge >= 0.3 is 0 Å². The molecule has 1 N–H and O–H groups in total. The first-order valence-electron chi connectivity index (χ1n) is 11.9. The Labute approximate surface area is 238 Å². The van der Waals surface area contributed by atoms with Gasteiger partial charge in [-0.05, 0) is 51.8 Å². The number of carbonyl (C=O) groups excluding carboxylic acids is 1. The van der Waals surface area contributed by atoms with Crippen LogP contribution in [0.2, 0.25) is 5.02 Å². The van der Waals surface area contributed by atoms with E-state index < -0.39 is 0 Å². The third-order valence-corrected chi connectivity index (χ3v) is 6.81. The monoisotopic (exact) mass is 594 g/mol. The standard InChI is InChI=1S/C31H20BrClN4O2/c32-26-14-20(15-27(33)30(26)39-19-23-11-5-4-10-22(23)17-34)18-35-37-31(38)25-16-29(21-8-2-1-3-9-21)36-28-13-7-6-12-24(25)28/h1-16,18H,19H2,(H,37,38)/b35-18+. The van der Waals surface area contributed by atoms with E-state index in [-0.39, 0.29) is 12.5 Å². The molecular formula is C31H20BrClN4O2. The first-order valence-corrected chi connectivity index (χ1v) is 13.1. The van der Waals surface area contributed by atoms with E-state index >= 15 is 0 Å². The van der Waals surface area contributed by atoms with Gasteiger partial charge in [0.2, 0.25) is 0 Å². The van der Waals surface area contributed by atoms with Crippen molar-refractivity contribution in [3.8, 4) is 23.1 Å². The Kier molecular flexibility index (Phi) is 7.97. The van der Waals surface area contributed by atoms with Crippen molar-refractivity contribution in [3.05, 3.63) is 129 Å². The van der Waals surface area contributed by atoms with Gasteiger partial charge in [0.15, 0.2) is 5.75 Å². The zero-order valence-corrected chi connectivity index (χ0v) is 22.8. The van der Waals surface area contributed by atoms with E-state index in [1.165, 1.54) is 6.21 Å². The second-order valence-corrected chi connectivity index (χ2v) is 9.77. The number of para-hydroxylation sites is 1. The van der Waals surface area contributed by atoms with Crippen molar-refractivity contribution in [1.29, 1.82) is 5.26 Å². The molecule has 8 heteroatoms. The maximum Gasteiger partial charge on any atom is 0.272 e. The average molecular weight is 596 g/mol. The van der Waals surface area contributed by atoms with Crippen molar-refractivity contribution < 1.29 is 9.53 Å². The average Bonchev–Trinajstić information content (AvgIpc) is 2.96. The fourth-order valence-corrected chi connectivity index (χ4v) is 5.03. The van der Waals surface area contributed by atoms with Crippen LogP contribution in [-0.2, 0) is 6.61 Å². The highest BCUT2D eigenvalue weighted by molar-refractivity contribution is 9.10. The van der Waals surface area contributed by atoms with Gasteiger partial charge in [-0.3, -0.25) is 4.79 Å². The lowest BCUT2D eigenvalue weighted by atomic mass is 10.0. The summed E-state index contributed by atoms with van der Waals surface area (Å²) in [7, 11) is 0. The molecule has 0 aliphatic carbocycles. The minimum absolute atomic E-state index is 0.191. The normalized spacial score (nSPS) is 10.9. The lowest BCUT2D eigenvalue weighted by Gasteiger charge is -2.12. The molecule has 39 heavy (non-hydrogen) atoms. The van der Waals surface area contributed by atoms with Crippen LogP contribution in [0.5, 0.6) is 5.75 Å². The van der Waals surface area contributed by atoms with Crippen molar-refractivity contribution in [3.63, 3.8) is 0 Å². The second-order valence-electron chi connectivity index (χ2n) is 8.51. The lowest BCUT2D eigenvalue weighted by Crippen LogP contribution is -2.18. The number of benzene rings is 4. The number of hydrogen-bond donors (Lipinski definition) is 1. The maximum absolute atomic E-state index is 13.2. The highest BCUT2D eigenvalue weighted by Gasteiger charge is 2.14. The predicted molar refractivity (Wildman–Crippen MR) is 157 cm³/mol. The van der Waals surface area contributed by atoms with E-state index in [2.05, 4.69) is 32.5 Å². The van der Waals surface area contributed by atoms with Crippen molar-refractivity contribution in [2.75, 3.05) is 0 Å². The summed E-state index contributed by atoms with van der Waals surface area (Å²) in [6.45, 7) is 0.191. The van der Waals surface area contributed by atoms with Crippen LogP contribution in [0.4, 0.5) is 0 Å². The maximum atomic E-state index is 13.2. The molecule has 0 radical (unpaired) electrons. The van der Waals surface area contributed by atoms with Crippen LogP contribution in [0.25, 0.3) is 22.2 Å². The number of carbonyl (C=O) groups is 1. The number of amides is 1. The molecule has 4 aromatic carbocycles. The molecular weight excluding hydrogens is 576 g/mol. The quantitative estimate of drug-likeness (QED) is 0.156. The summed E-state index contributed by atoms with van der Waals surface area (Å²) in [6.07, 6.45) is 1.50. The van der Waals surface area contributed by atoms with Gasteiger partial charge in [0.05, 0.1) is 44.1 Å². The minimum atomic E-state index is -0.358. The zero-order chi connectivity index (χ0) is 27.2. The predicted octanol–water partition coefficient (Wildman–Crippen LogP) is 7.53. The molecule has 0 atom stereocenters. The first-order chi connectivity index (χ1) is 19.0. The molecule has 0 aliphatic rings. The number of ether oxygens (including phenoxy) is 1. The van der Waals surface area contributed by atoms with Gasteiger partial charge in [0.25, 0.3) is 5.91 Å². The summed E-state index contributed by atoms with van der Waals surface area (Å²) in [5.74, 6) is 0.0885. The fourth-order valence-electron chi connectivity index (χ4n) is 4.04. The topological polar surface area (TPSA) is 87.4 Å². The molecule has 0 saturated carbocycles. The van der Waals surface area contributed by atoms with Crippen LogP contribution < -0.4 is 10.2 Å². The van der Waals surface area contributed by atoms with Gasteiger partial charge in [-0.25, -0.2) is 10.4 Å². The van der Waals surface area contributed by atoms with Crippen LogP contribution in [-0.4, -0.2) is 17.1 Å². The molecule has 0 spiro atoms. The van der Waals surface area contributed by atoms with E-state index in [4.69, 9.17) is 21.3 Å². The van der Waals surface area contributed by atoms with Gasteiger partial charge in [-0.1, -0.05) is 78.3 Å².